The molecule has 4 aromatic rings. The van der Waals surface area contributed by atoms with Crippen LogP contribution in [0.4, 0.5) is 5.69 Å². The van der Waals surface area contributed by atoms with Crippen molar-refractivity contribution in [3.8, 4) is 27.3 Å². The summed E-state index contributed by atoms with van der Waals surface area (Å²) in [6.45, 7) is 3.18. The molecule has 0 radical (unpaired) electrons. The van der Waals surface area contributed by atoms with Gasteiger partial charge >= 0.3 is 5.97 Å². The van der Waals surface area contributed by atoms with Crippen molar-refractivity contribution in [2.24, 2.45) is 5.73 Å². The number of pyridine rings is 1. The maximum Gasteiger partial charge on any atom is 0.355 e. The minimum atomic E-state index is -1.31. The van der Waals surface area contributed by atoms with Gasteiger partial charge in [0.05, 0.1) is 6.61 Å². The lowest BCUT2D eigenvalue weighted by Gasteiger charge is -2.22. The molecule has 41 heavy (non-hydrogen) atoms. The summed E-state index contributed by atoms with van der Waals surface area (Å²) in [5.41, 5.74) is 9.72. The third kappa shape index (κ3) is 5.57. The number of hydrogen-bond acceptors (Lipinski definition) is 7. The highest BCUT2D eigenvalue weighted by atomic mass is 32.1. The lowest BCUT2D eigenvalue weighted by molar-refractivity contribution is 0.0691. The van der Waals surface area contributed by atoms with E-state index in [0.717, 1.165) is 28.0 Å². The maximum absolute atomic E-state index is 14.1. The number of nitrogens with two attached hydrogens (primary N) is 1. The van der Waals surface area contributed by atoms with Crippen molar-refractivity contribution in [2.45, 2.75) is 26.3 Å². The fraction of sp³-hybridized carbons (Fsp3) is 0.226. The van der Waals surface area contributed by atoms with E-state index in [1.54, 1.807) is 30.5 Å². The van der Waals surface area contributed by atoms with Crippen LogP contribution >= 0.6 is 11.3 Å². The van der Waals surface area contributed by atoms with Crippen LogP contribution in [-0.2, 0) is 13.0 Å². The Hall–Kier alpha value is -4.54. The molecule has 0 unspecified atom stereocenters. The Kier molecular flexibility index (Phi) is 8.14. The number of nitrogens with one attached hydrogen (secondary N) is 1. The Morgan fingerprint density at radius 3 is 2.56 bits per heavy atom. The summed E-state index contributed by atoms with van der Waals surface area (Å²) in [6, 6.07) is 15.9. The molecule has 2 aromatic heterocycles. The molecule has 1 aliphatic heterocycles. The number of benzene rings is 2. The molecule has 0 bridgehead atoms. The number of rotatable bonds is 8. The third-order valence-electron chi connectivity index (χ3n) is 6.99. The van der Waals surface area contributed by atoms with Gasteiger partial charge in [0.15, 0.2) is 5.69 Å². The van der Waals surface area contributed by atoms with E-state index >= 15 is 0 Å². The van der Waals surface area contributed by atoms with E-state index < -0.39 is 11.9 Å². The van der Waals surface area contributed by atoms with Gasteiger partial charge in [0, 0.05) is 59.4 Å². The molecule has 0 spiro atoms. The van der Waals surface area contributed by atoms with E-state index in [1.165, 1.54) is 17.0 Å². The summed E-state index contributed by atoms with van der Waals surface area (Å²) >= 11 is 1.56. The first-order valence-corrected chi connectivity index (χ1v) is 14.2. The third-order valence-corrected chi connectivity index (χ3v) is 7.98. The smallest absolute Gasteiger partial charge is 0.355 e. The lowest BCUT2D eigenvalue weighted by atomic mass is 9.93. The van der Waals surface area contributed by atoms with Crippen molar-refractivity contribution < 1.29 is 24.2 Å². The van der Waals surface area contributed by atoms with E-state index in [-0.39, 0.29) is 28.4 Å². The topological polar surface area (TPSA) is 135 Å². The summed E-state index contributed by atoms with van der Waals surface area (Å²) in [5, 5.41) is 14.9. The normalized spacial score (nSPS) is 12.0. The first-order chi connectivity index (χ1) is 19.8. The molecule has 0 saturated carbocycles. The Morgan fingerprint density at radius 2 is 1.85 bits per heavy atom. The molecular formula is C31H30N4O5S. The van der Waals surface area contributed by atoms with E-state index in [9.17, 15) is 19.5 Å². The zero-order valence-electron chi connectivity index (χ0n) is 22.8. The Morgan fingerprint density at radius 1 is 1.07 bits per heavy atom. The molecule has 2 aromatic carbocycles. The van der Waals surface area contributed by atoms with E-state index in [1.807, 2.05) is 42.6 Å². The average Bonchev–Trinajstić information content (AvgIpc) is 3.40. The van der Waals surface area contributed by atoms with E-state index in [2.05, 4.69) is 10.3 Å². The first-order valence-electron chi connectivity index (χ1n) is 13.3. The molecule has 2 amide bonds. The Labute approximate surface area is 241 Å². The quantitative estimate of drug-likeness (QED) is 0.272. The van der Waals surface area contributed by atoms with Gasteiger partial charge in [-0.05, 0) is 65.4 Å². The van der Waals surface area contributed by atoms with Gasteiger partial charge in [0.2, 0.25) is 0 Å². The number of aromatic nitrogens is 1. The van der Waals surface area contributed by atoms with Crippen LogP contribution in [0.2, 0.25) is 0 Å². The van der Waals surface area contributed by atoms with Gasteiger partial charge in [-0.1, -0.05) is 19.1 Å². The van der Waals surface area contributed by atoms with E-state index in [0.29, 0.717) is 43.1 Å². The number of aromatic carboxylic acids is 1. The second-order valence-electron chi connectivity index (χ2n) is 9.66. The zero-order valence-corrected chi connectivity index (χ0v) is 23.6. The number of anilines is 1. The highest BCUT2D eigenvalue weighted by molar-refractivity contribution is 7.13. The standard InChI is InChI=1S/C31H30N4O5S/c1-3-12-33-29(36)25-9-8-21(27(34-25)31(38)39)22-16-26-24(28-19(10-13-40-26)11-14-41-28)15-23(22)30(37)35(2)20-6-4-18(17-32)5-7-20/h4-9,11,14-16H,3,10,12-13,17,32H2,1-2H3,(H,33,36)(H,38,39). The van der Waals surface area contributed by atoms with Crippen molar-refractivity contribution in [1.29, 1.82) is 0 Å². The van der Waals surface area contributed by atoms with Gasteiger partial charge in [-0.2, -0.15) is 0 Å². The fourth-order valence-electron chi connectivity index (χ4n) is 4.76. The first kappa shape index (κ1) is 28.0. The Balaban J connectivity index is 1.68. The molecule has 0 fully saturated rings. The van der Waals surface area contributed by atoms with Crippen molar-refractivity contribution in [3.05, 3.63) is 88.1 Å². The number of hydrogen-bond donors (Lipinski definition) is 3. The molecule has 5 rings (SSSR count). The number of carboxylic acids is 1. The van der Waals surface area contributed by atoms with Gasteiger partial charge in [0.1, 0.15) is 11.4 Å². The van der Waals surface area contributed by atoms with Gasteiger partial charge in [-0.15, -0.1) is 11.3 Å². The molecule has 210 valence electrons. The molecule has 3 heterocycles. The van der Waals surface area contributed by atoms with E-state index in [4.69, 9.17) is 10.5 Å². The van der Waals surface area contributed by atoms with Crippen molar-refractivity contribution >= 4 is 34.8 Å². The molecule has 0 aliphatic carbocycles. The second kappa shape index (κ2) is 11.9. The van der Waals surface area contributed by atoms with Crippen LogP contribution in [-0.4, -0.2) is 48.1 Å². The van der Waals surface area contributed by atoms with Crippen LogP contribution < -0.4 is 20.7 Å². The van der Waals surface area contributed by atoms with Gasteiger partial charge in [0.25, 0.3) is 11.8 Å². The molecule has 4 N–H and O–H groups in total. The Bertz CT molecular complexity index is 1630. The van der Waals surface area contributed by atoms with Crippen LogP contribution in [0, 0.1) is 0 Å². The number of carbonyl (C=O) groups is 3. The second-order valence-corrected chi connectivity index (χ2v) is 10.6. The number of thiophene rings is 1. The molecule has 0 saturated heterocycles. The zero-order chi connectivity index (χ0) is 29.1. The van der Waals surface area contributed by atoms with Gasteiger partial charge in [-0.25, -0.2) is 9.78 Å². The molecule has 9 nitrogen and oxygen atoms in total. The minimum Gasteiger partial charge on any atom is -0.493 e. The number of amides is 2. The number of carbonyl (C=O) groups excluding carboxylic acids is 2. The SMILES string of the molecule is CCCNC(=O)c1ccc(-c2cc3c(cc2C(=O)N(C)c2ccc(CN)cc2)-c2sccc2CCO3)c(C(=O)O)n1. The molecule has 10 heteroatoms. The molecule has 0 atom stereocenters. The largest absolute Gasteiger partial charge is 0.493 e. The van der Waals surface area contributed by atoms with Crippen molar-refractivity contribution in [1.82, 2.24) is 10.3 Å². The number of carboxylic acid groups (broad SMARTS) is 1. The monoisotopic (exact) mass is 570 g/mol. The summed E-state index contributed by atoms with van der Waals surface area (Å²) in [7, 11) is 1.67. The number of fused-ring (bicyclic) bond motifs is 3. The van der Waals surface area contributed by atoms with Gasteiger partial charge in [-0.3, -0.25) is 9.59 Å². The summed E-state index contributed by atoms with van der Waals surface area (Å²) in [6.07, 6.45) is 1.44. The lowest BCUT2D eigenvalue weighted by Crippen LogP contribution is -2.27. The maximum atomic E-state index is 14.1. The van der Waals surface area contributed by atoms with Crippen LogP contribution in [0.25, 0.3) is 21.6 Å². The summed E-state index contributed by atoms with van der Waals surface area (Å²) in [4.78, 5) is 45.8. The fourth-order valence-corrected chi connectivity index (χ4v) is 5.74. The van der Waals surface area contributed by atoms with Crippen LogP contribution in [0.15, 0.2) is 60.0 Å². The summed E-state index contributed by atoms with van der Waals surface area (Å²) < 4.78 is 6.10. The predicted octanol–water partition coefficient (Wildman–Crippen LogP) is 4.99. The molecule has 1 aliphatic rings. The van der Waals surface area contributed by atoms with Crippen molar-refractivity contribution in [3.63, 3.8) is 0 Å². The number of ether oxygens (including phenoxy) is 1. The van der Waals surface area contributed by atoms with Crippen LogP contribution in [0.1, 0.15) is 55.8 Å². The number of nitrogens with zero attached hydrogens (tertiary/aromatic N) is 2. The molecular weight excluding hydrogens is 540 g/mol. The van der Waals surface area contributed by atoms with Gasteiger partial charge < -0.3 is 25.8 Å². The average molecular weight is 571 g/mol. The minimum absolute atomic E-state index is 0.0150. The van der Waals surface area contributed by atoms with Crippen LogP contribution in [0.5, 0.6) is 5.75 Å². The van der Waals surface area contributed by atoms with Crippen molar-refractivity contribution in [2.75, 3.05) is 25.1 Å². The predicted molar refractivity (Wildman–Crippen MR) is 159 cm³/mol. The highest BCUT2D eigenvalue weighted by Gasteiger charge is 2.28. The highest BCUT2D eigenvalue weighted by Crippen LogP contribution is 2.43. The van der Waals surface area contributed by atoms with Crippen LogP contribution in [0.3, 0.4) is 0 Å². The summed E-state index contributed by atoms with van der Waals surface area (Å²) in [5.74, 6) is -1.57.